The van der Waals surface area contributed by atoms with E-state index in [-0.39, 0.29) is 5.43 Å². The van der Waals surface area contributed by atoms with Gasteiger partial charge >= 0.3 is 0 Å². The predicted molar refractivity (Wildman–Crippen MR) is 77.7 cm³/mol. The Morgan fingerprint density at radius 3 is 2.90 bits per heavy atom. The van der Waals surface area contributed by atoms with Crippen LogP contribution in [-0.2, 0) is 6.54 Å². The molecular weight excluding hydrogens is 270 g/mol. The molecule has 0 spiro atoms. The molecule has 3 N–H and O–H groups in total. The molecule has 3 rings (SSSR count). The molecule has 3 aromatic rings. The van der Waals surface area contributed by atoms with Gasteiger partial charge in [-0.05, 0) is 18.2 Å². The molecule has 0 aliphatic heterocycles. The molecule has 2 aromatic heterocycles. The molecule has 1 amide bonds. The molecule has 21 heavy (non-hydrogen) atoms. The number of pyridine rings is 1. The number of benzene rings is 1. The first-order valence-electron chi connectivity index (χ1n) is 6.35. The van der Waals surface area contributed by atoms with E-state index in [0.717, 1.165) is 5.52 Å². The number of nitrogen functional groups attached to an aromatic ring is 1. The second-order valence-corrected chi connectivity index (χ2v) is 4.60. The summed E-state index contributed by atoms with van der Waals surface area (Å²) in [4.78, 5) is 23.2. The lowest BCUT2D eigenvalue weighted by atomic mass is 10.2. The van der Waals surface area contributed by atoms with Gasteiger partial charge < -0.3 is 8.98 Å². The van der Waals surface area contributed by atoms with Crippen LogP contribution in [0.25, 0.3) is 10.9 Å². The van der Waals surface area contributed by atoms with Crippen molar-refractivity contribution in [1.29, 1.82) is 0 Å². The smallest absolute Gasteiger partial charge is 0.268 e. The largest absolute Gasteiger partial charge is 0.467 e. The molecule has 6 nitrogen and oxygen atoms in total. The van der Waals surface area contributed by atoms with Crippen LogP contribution in [0.1, 0.15) is 16.1 Å². The fraction of sp³-hybridized carbons (Fsp3) is 0.0667. The van der Waals surface area contributed by atoms with Crippen molar-refractivity contribution in [2.75, 3.05) is 0 Å². The maximum atomic E-state index is 11.8. The number of rotatable bonds is 3. The fourth-order valence-corrected chi connectivity index (χ4v) is 2.23. The first-order valence-corrected chi connectivity index (χ1v) is 6.35. The van der Waals surface area contributed by atoms with Gasteiger partial charge in [0.2, 0.25) is 0 Å². The van der Waals surface area contributed by atoms with Gasteiger partial charge in [-0.15, -0.1) is 0 Å². The van der Waals surface area contributed by atoms with Crippen molar-refractivity contribution in [3.63, 3.8) is 0 Å². The van der Waals surface area contributed by atoms with Crippen LogP contribution in [0.2, 0.25) is 0 Å². The van der Waals surface area contributed by atoms with Crippen LogP contribution in [0, 0.1) is 0 Å². The van der Waals surface area contributed by atoms with Gasteiger partial charge in [0.05, 0.1) is 17.6 Å². The number of nitrogens with one attached hydrogen (secondary N) is 1. The third kappa shape index (κ3) is 2.44. The van der Waals surface area contributed by atoms with Gasteiger partial charge in [0.15, 0.2) is 5.43 Å². The number of hydrogen-bond acceptors (Lipinski definition) is 4. The number of fused-ring (bicyclic) bond motifs is 1. The number of carbonyl (C=O) groups is 1. The maximum Gasteiger partial charge on any atom is 0.268 e. The minimum absolute atomic E-state index is 0.0236. The van der Waals surface area contributed by atoms with E-state index < -0.39 is 5.91 Å². The lowest BCUT2D eigenvalue weighted by molar-refractivity contribution is 0.0953. The molecule has 1 aromatic carbocycles. The summed E-state index contributed by atoms with van der Waals surface area (Å²) in [7, 11) is 0. The molecule has 0 atom stereocenters. The van der Waals surface area contributed by atoms with Crippen LogP contribution in [0.5, 0.6) is 0 Å². The van der Waals surface area contributed by atoms with Gasteiger partial charge in [-0.3, -0.25) is 15.0 Å². The predicted octanol–water partition coefficient (Wildman–Crippen LogP) is 1.25. The quantitative estimate of drug-likeness (QED) is 0.430. The average molecular weight is 283 g/mol. The first-order chi connectivity index (χ1) is 10.2. The number of hydrogen-bond donors (Lipinski definition) is 2. The minimum atomic E-state index is -0.408. The highest BCUT2D eigenvalue weighted by Crippen LogP contribution is 2.14. The normalized spacial score (nSPS) is 10.7. The maximum absolute atomic E-state index is 11.8. The molecule has 106 valence electrons. The van der Waals surface area contributed by atoms with Crippen LogP contribution in [0.3, 0.4) is 0 Å². The summed E-state index contributed by atoms with van der Waals surface area (Å²) < 4.78 is 7.24. The Labute approximate surface area is 119 Å². The topological polar surface area (TPSA) is 90.3 Å². The van der Waals surface area contributed by atoms with E-state index in [1.54, 1.807) is 18.3 Å². The Morgan fingerprint density at radius 1 is 1.29 bits per heavy atom. The lowest BCUT2D eigenvalue weighted by Crippen LogP contribution is -2.29. The molecule has 0 fully saturated rings. The molecule has 0 bridgehead atoms. The van der Waals surface area contributed by atoms with Crippen LogP contribution in [-0.4, -0.2) is 10.5 Å². The Balaban J connectivity index is 1.99. The Kier molecular flexibility index (Phi) is 3.29. The number of carbonyl (C=O) groups excluding carboxylic acids is 1. The molecule has 0 saturated heterocycles. The van der Waals surface area contributed by atoms with Gasteiger partial charge in [-0.25, -0.2) is 5.84 Å². The summed E-state index contributed by atoms with van der Waals surface area (Å²) in [5.41, 5.74) is 3.20. The van der Waals surface area contributed by atoms with E-state index in [0.29, 0.717) is 23.3 Å². The molecule has 0 unspecified atom stereocenters. The lowest BCUT2D eigenvalue weighted by Gasteiger charge is -2.08. The van der Waals surface area contributed by atoms with Gasteiger partial charge in [0, 0.05) is 17.6 Å². The number of nitrogens with zero attached hydrogens (tertiary/aromatic N) is 1. The van der Waals surface area contributed by atoms with Gasteiger partial charge in [-0.2, -0.15) is 0 Å². The van der Waals surface area contributed by atoms with E-state index in [4.69, 9.17) is 10.3 Å². The van der Waals surface area contributed by atoms with E-state index in [1.807, 2.05) is 28.2 Å². The number of amides is 1. The molecule has 2 heterocycles. The van der Waals surface area contributed by atoms with Gasteiger partial charge in [0.1, 0.15) is 12.0 Å². The van der Waals surface area contributed by atoms with Crippen molar-refractivity contribution in [1.82, 2.24) is 9.99 Å². The zero-order valence-electron chi connectivity index (χ0n) is 11.1. The molecule has 0 radical (unpaired) electrons. The van der Waals surface area contributed by atoms with Crippen LogP contribution < -0.4 is 16.7 Å². The number of para-hydroxylation sites is 1. The highest BCUT2D eigenvalue weighted by Gasteiger charge is 2.10. The number of hydrazine groups is 1. The molecule has 0 aliphatic carbocycles. The number of nitrogens with two attached hydrogens (primary N) is 1. The monoisotopic (exact) mass is 283 g/mol. The van der Waals surface area contributed by atoms with Crippen molar-refractivity contribution < 1.29 is 9.21 Å². The van der Waals surface area contributed by atoms with Crippen LogP contribution in [0.15, 0.2) is 58.1 Å². The highest BCUT2D eigenvalue weighted by atomic mass is 16.3. The van der Waals surface area contributed by atoms with E-state index in [1.165, 1.54) is 12.3 Å². The first kappa shape index (κ1) is 13.1. The second kappa shape index (κ2) is 5.26. The van der Waals surface area contributed by atoms with Crippen LogP contribution in [0.4, 0.5) is 0 Å². The summed E-state index contributed by atoms with van der Waals surface area (Å²) in [6.45, 7) is 0.415. The third-order valence-electron chi connectivity index (χ3n) is 3.26. The van der Waals surface area contributed by atoms with E-state index >= 15 is 0 Å². The molecule has 0 saturated carbocycles. The zero-order valence-corrected chi connectivity index (χ0v) is 11.1. The SMILES string of the molecule is NNC(=O)c1coc(Cn2ccc(=O)c3ccccc32)c1. The number of furan rings is 1. The number of aromatic nitrogens is 1. The summed E-state index contributed by atoms with van der Waals surface area (Å²) >= 11 is 0. The highest BCUT2D eigenvalue weighted by molar-refractivity contribution is 5.93. The zero-order chi connectivity index (χ0) is 14.8. The van der Waals surface area contributed by atoms with E-state index in [9.17, 15) is 9.59 Å². The summed E-state index contributed by atoms with van der Waals surface area (Å²) in [5, 5.41) is 0.645. The summed E-state index contributed by atoms with van der Waals surface area (Å²) in [5.74, 6) is 5.27. The van der Waals surface area contributed by atoms with Gasteiger partial charge in [0.25, 0.3) is 5.91 Å². The second-order valence-electron chi connectivity index (χ2n) is 4.60. The Bertz CT molecular complexity index is 864. The minimum Gasteiger partial charge on any atom is -0.467 e. The molecular formula is C15H13N3O3. The standard InChI is InChI=1S/C15H13N3O3/c16-17-15(20)10-7-11(21-9-10)8-18-6-5-14(19)12-3-1-2-4-13(12)18/h1-7,9H,8,16H2,(H,17,20). The van der Waals surface area contributed by atoms with Crippen molar-refractivity contribution >= 4 is 16.8 Å². The van der Waals surface area contributed by atoms with Gasteiger partial charge in [-0.1, -0.05) is 12.1 Å². The van der Waals surface area contributed by atoms with Crippen molar-refractivity contribution in [3.05, 3.63) is 70.4 Å². The van der Waals surface area contributed by atoms with Crippen LogP contribution >= 0.6 is 0 Å². The Morgan fingerprint density at radius 2 is 2.10 bits per heavy atom. The third-order valence-corrected chi connectivity index (χ3v) is 3.26. The van der Waals surface area contributed by atoms with Crippen molar-refractivity contribution in [2.45, 2.75) is 6.54 Å². The fourth-order valence-electron chi connectivity index (χ4n) is 2.23. The van der Waals surface area contributed by atoms with Crippen molar-refractivity contribution in [3.8, 4) is 0 Å². The van der Waals surface area contributed by atoms with E-state index in [2.05, 4.69) is 0 Å². The average Bonchev–Trinajstić information content (AvgIpc) is 2.98. The molecule has 6 heteroatoms. The Hall–Kier alpha value is -2.86. The summed E-state index contributed by atoms with van der Waals surface area (Å²) in [6, 6.07) is 10.5. The summed E-state index contributed by atoms with van der Waals surface area (Å²) in [6.07, 6.45) is 3.05. The van der Waals surface area contributed by atoms with Crippen molar-refractivity contribution in [2.24, 2.45) is 5.84 Å². The molecule has 0 aliphatic rings.